The van der Waals surface area contributed by atoms with Gasteiger partial charge in [-0.3, -0.25) is 5.01 Å². The number of rotatable bonds is 2. The van der Waals surface area contributed by atoms with Crippen molar-refractivity contribution in [1.29, 1.82) is 0 Å². The number of aliphatic hydroxyl groups excluding tert-OH is 1. The molecular weight excluding hydrogens is 262 g/mol. The van der Waals surface area contributed by atoms with Crippen LogP contribution in [0.1, 0.15) is 28.8 Å². The fraction of sp³-hybridized carbons (Fsp3) is 0.294. The van der Waals surface area contributed by atoms with Gasteiger partial charge in [-0.2, -0.15) is 5.11 Å². The predicted octanol–water partition coefficient (Wildman–Crippen LogP) is 3.07. The Morgan fingerprint density at radius 3 is 2.57 bits per heavy atom. The molecule has 4 nitrogen and oxygen atoms in total. The molecule has 1 heterocycles. The molecule has 106 valence electrons. The monoisotopic (exact) mass is 279 g/mol. The Morgan fingerprint density at radius 2 is 1.76 bits per heavy atom. The minimum absolute atomic E-state index is 0.000128. The first-order chi connectivity index (χ1) is 10.3. The van der Waals surface area contributed by atoms with E-state index in [0.29, 0.717) is 0 Å². The van der Waals surface area contributed by atoms with Crippen LogP contribution in [0, 0.1) is 0 Å². The fourth-order valence-electron chi connectivity index (χ4n) is 3.25. The maximum Gasteiger partial charge on any atom is 0.117 e. The van der Waals surface area contributed by atoms with Crippen LogP contribution in [0.5, 0.6) is 0 Å². The minimum atomic E-state index is -0.477. The molecule has 0 aromatic heterocycles. The second-order valence-corrected chi connectivity index (χ2v) is 5.67. The van der Waals surface area contributed by atoms with Gasteiger partial charge in [0.15, 0.2) is 0 Å². The Kier molecular flexibility index (Phi) is 2.97. The molecule has 21 heavy (non-hydrogen) atoms. The molecule has 2 aromatic rings. The van der Waals surface area contributed by atoms with E-state index in [1.165, 1.54) is 11.1 Å². The summed E-state index contributed by atoms with van der Waals surface area (Å²) in [5.74, 6) is 0. The first kappa shape index (κ1) is 12.5. The smallest absolute Gasteiger partial charge is 0.117 e. The Hall–Kier alpha value is -2.20. The molecule has 0 saturated carbocycles. The molecule has 4 rings (SSSR count). The van der Waals surface area contributed by atoms with Crippen LogP contribution in [-0.2, 0) is 6.42 Å². The summed E-state index contributed by atoms with van der Waals surface area (Å²) in [7, 11) is 0. The molecule has 0 bridgehead atoms. The van der Waals surface area contributed by atoms with E-state index in [0.717, 1.165) is 18.5 Å². The zero-order valence-electron chi connectivity index (χ0n) is 11.6. The Labute approximate surface area is 123 Å². The second kappa shape index (κ2) is 4.97. The molecule has 1 aliphatic carbocycles. The molecule has 0 spiro atoms. The average Bonchev–Trinajstić information content (AvgIpc) is 3.14. The highest BCUT2D eigenvalue weighted by atomic mass is 16.3. The van der Waals surface area contributed by atoms with E-state index in [1.54, 1.807) is 0 Å². The van der Waals surface area contributed by atoms with Gasteiger partial charge in [0.2, 0.25) is 0 Å². The van der Waals surface area contributed by atoms with Gasteiger partial charge >= 0.3 is 0 Å². The van der Waals surface area contributed by atoms with Crippen molar-refractivity contribution in [3.05, 3.63) is 71.3 Å². The number of benzene rings is 2. The van der Waals surface area contributed by atoms with Crippen LogP contribution in [0.2, 0.25) is 0 Å². The summed E-state index contributed by atoms with van der Waals surface area (Å²) in [5, 5.41) is 21.1. The molecule has 0 amide bonds. The number of fused-ring (bicyclic) bond motifs is 1. The zero-order chi connectivity index (χ0) is 14.2. The maximum absolute atomic E-state index is 10.5. The van der Waals surface area contributed by atoms with Gasteiger partial charge in [-0.25, -0.2) is 0 Å². The van der Waals surface area contributed by atoms with E-state index in [-0.39, 0.29) is 12.1 Å². The van der Waals surface area contributed by atoms with Crippen molar-refractivity contribution >= 4 is 0 Å². The lowest BCUT2D eigenvalue weighted by atomic mass is 10.1. The third-order valence-electron chi connectivity index (χ3n) is 4.40. The van der Waals surface area contributed by atoms with Crippen molar-refractivity contribution < 1.29 is 5.11 Å². The van der Waals surface area contributed by atoms with E-state index in [1.807, 2.05) is 41.4 Å². The van der Waals surface area contributed by atoms with Crippen molar-refractivity contribution in [2.75, 3.05) is 6.54 Å². The molecule has 0 radical (unpaired) electrons. The standard InChI is InChI=1S/C17H17N3O/c21-17-14-9-5-4-8-13(14)10-16(17)20-11-15(18-19-20)12-6-2-1-3-7-12/h1-9,15-17,21H,10-11H2/t15?,16-,17+/m1/s1. The van der Waals surface area contributed by atoms with Gasteiger partial charge in [0, 0.05) is 0 Å². The number of hydrogen-bond acceptors (Lipinski definition) is 4. The summed E-state index contributed by atoms with van der Waals surface area (Å²) >= 11 is 0. The number of nitrogens with zero attached hydrogens (tertiary/aromatic N) is 3. The average molecular weight is 279 g/mol. The molecule has 1 N–H and O–H groups in total. The Balaban J connectivity index is 1.52. The third-order valence-corrected chi connectivity index (χ3v) is 4.40. The second-order valence-electron chi connectivity index (χ2n) is 5.67. The van der Waals surface area contributed by atoms with Gasteiger partial charge < -0.3 is 5.11 Å². The number of hydrogen-bond donors (Lipinski definition) is 1. The van der Waals surface area contributed by atoms with E-state index in [4.69, 9.17) is 0 Å². The highest BCUT2D eigenvalue weighted by Gasteiger charge is 2.37. The molecule has 0 fully saturated rings. The minimum Gasteiger partial charge on any atom is -0.386 e. The Bertz CT molecular complexity index is 671. The number of aliphatic hydroxyl groups is 1. The summed E-state index contributed by atoms with van der Waals surface area (Å²) in [5.41, 5.74) is 3.42. The first-order valence-electron chi connectivity index (χ1n) is 7.31. The van der Waals surface area contributed by atoms with Crippen molar-refractivity contribution in [3.8, 4) is 0 Å². The van der Waals surface area contributed by atoms with E-state index in [9.17, 15) is 5.11 Å². The van der Waals surface area contributed by atoms with E-state index >= 15 is 0 Å². The van der Waals surface area contributed by atoms with Gasteiger partial charge in [0.1, 0.15) is 12.1 Å². The van der Waals surface area contributed by atoms with Gasteiger partial charge in [0.25, 0.3) is 0 Å². The van der Waals surface area contributed by atoms with E-state index in [2.05, 4.69) is 28.5 Å². The van der Waals surface area contributed by atoms with Gasteiger partial charge in [-0.1, -0.05) is 59.8 Å². The lowest BCUT2D eigenvalue weighted by Gasteiger charge is -2.24. The van der Waals surface area contributed by atoms with Crippen LogP contribution < -0.4 is 0 Å². The predicted molar refractivity (Wildman–Crippen MR) is 79.6 cm³/mol. The van der Waals surface area contributed by atoms with Crippen LogP contribution in [0.25, 0.3) is 0 Å². The zero-order valence-corrected chi connectivity index (χ0v) is 11.6. The van der Waals surface area contributed by atoms with Gasteiger partial charge in [-0.15, -0.1) is 0 Å². The quantitative estimate of drug-likeness (QED) is 0.918. The van der Waals surface area contributed by atoms with Crippen LogP contribution in [-0.4, -0.2) is 22.7 Å². The largest absolute Gasteiger partial charge is 0.386 e. The summed E-state index contributed by atoms with van der Waals surface area (Å²) < 4.78 is 0. The van der Waals surface area contributed by atoms with Crippen molar-refractivity contribution in [3.63, 3.8) is 0 Å². The fourth-order valence-corrected chi connectivity index (χ4v) is 3.25. The van der Waals surface area contributed by atoms with Crippen LogP contribution in [0.3, 0.4) is 0 Å². The SMILES string of the molecule is O[C@H]1c2ccccc2C[C@H]1N1CC(c2ccccc2)N=N1. The van der Waals surface area contributed by atoms with Gasteiger partial charge in [0.05, 0.1) is 12.6 Å². The van der Waals surface area contributed by atoms with E-state index < -0.39 is 6.10 Å². The molecule has 1 unspecified atom stereocenters. The van der Waals surface area contributed by atoms with Crippen molar-refractivity contribution in [2.24, 2.45) is 10.3 Å². The topological polar surface area (TPSA) is 48.2 Å². The lowest BCUT2D eigenvalue weighted by Crippen LogP contribution is -2.33. The van der Waals surface area contributed by atoms with Crippen molar-refractivity contribution in [2.45, 2.75) is 24.6 Å². The first-order valence-corrected chi connectivity index (χ1v) is 7.31. The summed E-state index contributed by atoms with van der Waals surface area (Å²) in [6, 6.07) is 18.4. The highest BCUT2D eigenvalue weighted by molar-refractivity contribution is 5.36. The van der Waals surface area contributed by atoms with Crippen LogP contribution >= 0.6 is 0 Å². The third kappa shape index (κ3) is 2.12. The van der Waals surface area contributed by atoms with Crippen molar-refractivity contribution in [1.82, 2.24) is 5.01 Å². The molecule has 2 aromatic carbocycles. The Morgan fingerprint density at radius 1 is 1.00 bits per heavy atom. The van der Waals surface area contributed by atoms with Crippen LogP contribution in [0.4, 0.5) is 0 Å². The normalized spacial score (nSPS) is 27.1. The highest BCUT2D eigenvalue weighted by Crippen LogP contribution is 2.37. The maximum atomic E-state index is 10.5. The molecule has 3 atom stereocenters. The van der Waals surface area contributed by atoms with Gasteiger partial charge in [-0.05, 0) is 23.1 Å². The summed E-state index contributed by atoms with van der Waals surface area (Å²) in [6.07, 6.45) is 0.354. The molecular formula is C17H17N3O. The summed E-state index contributed by atoms with van der Waals surface area (Å²) in [6.45, 7) is 0.736. The molecule has 4 heteroatoms. The summed E-state index contributed by atoms with van der Waals surface area (Å²) in [4.78, 5) is 0. The molecule has 0 saturated heterocycles. The lowest BCUT2D eigenvalue weighted by molar-refractivity contribution is 0.0671. The molecule has 2 aliphatic rings. The van der Waals surface area contributed by atoms with Crippen LogP contribution in [0.15, 0.2) is 64.9 Å². The molecule has 1 aliphatic heterocycles.